The van der Waals surface area contributed by atoms with Crippen molar-refractivity contribution in [1.82, 2.24) is 9.80 Å². The molecular weight excluding hydrogens is 204 g/mol. The Morgan fingerprint density at radius 3 is 2.31 bits per heavy atom. The third-order valence-electron chi connectivity index (χ3n) is 2.62. The van der Waals surface area contributed by atoms with E-state index in [0.29, 0.717) is 13.0 Å². The van der Waals surface area contributed by atoms with Gasteiger partial charge in [-0.15, -0.1) is 0 Å². The Hall–Kier alpha value is -0.610. The first-order valence-corrected chi connectivity index (χ1v) is 6.15. The first kappa shape index (κ1) is 15.4. The molecule has 0 aliphatic carbocycles. The molecule has 0 saturated heterocycles. The summed E-state index contributed by atoms with van der Waals surface area (Å²) in [6.45, 7) is 8.88. The largest absolute Gasteiger partial charge is 0.392 e. The van der Waals surface area contributed by atoms with E-state index in [4.69, 9.17) is 0 Å². The molecule has 0 rings (SSSR count). The second-order valence-corrected chi connectivity index (χ2v) is 4.28. The minimum absolute atomic E-state index is 0.232. The number of amides is 1. The fourth-order valence-corrected chi connectivity index (χ4v) is 1.78. The Morgan fingerprint density at radius 2 is 1.88 bits per heavy atom. The van der Waals surface area contributed by atoms with Crippen molar-refractivity contribution in [3.05, 3.63) is 0 Å². The average molecular weight is 230 g/mol. The van der Waals surface area contributed by atoms with E-state index in [-0.39, 0.29) is 12.0 Å². The third kappa shape index (κ3) is 6.80. The van der Waals surface area contributed by atoms with E-state index >= 15 is 0 Å². The molecule has 4 nitrogen and oxygen atoms in total. The van der Waals surface area contributed by atoms with Gasteiger partial charge in [0.05, 0.1) is 6.10 Å². The molecule has 0 aromatic carbocycles. The van der Waals surface area contributed by atoms with Crippen LogP contribution in [0.25, 0.3) is 0 Å². The molecule has 0 aromatic rings. The van der Waals surface area contributed by atoms with Gasteiger partial charge in [0, 0.05) is 26.1 Å². The molecule has 0 saturated carbocycles. The number of likely N-dealkylation sites (N-methyl/N-ethyl adjacent to an activating group) is 1. The molecule has 4 heteroatoms. The fraction of sp³-hybridized carbons (Fsp3) is 0.917. The SMILES string of the molecule is CCN(CC)C(=O)CCCN(C)CC(C)O. The second-order valence-electron chi connectivity index (χ2n) is 4.28. The summed E-state index contributed by atoms with van der Waals surface area (Å²) >= 11 is 0. The van der Waals surface area contributed by atoms with Gasteiger partial charge >= 0.3 is 0 Å². The molecule has 1 amide bonds. The number of rotatable bonds is 8. The van der Waals surface area contributed by atoms with Gasteiger partial charge in [-0.05, 0) is 40.8 Å². The Bertz CT molecular complexity index is 191. The summed E-state index contributed by atoms with van der Waals surface area (Å²) in [7, 11) is 1.97. The predicted octanol–water partition coefficient (Wildman–Crippen LogP) is 0.948. The maximum atomic E-state index is 11.7. The molecule has 0 bridgehead atoms. The lowest BCUT2D eigenvalue weighted by molar-refractivity contribution is -0.130. The molecule has 0 aliphatic rings. The zero-order valence-corrected chi connectivity index (χ0v) is 11.1. The van der Waals surface area contributed by atoms with E-state index in [2.05, 4.69) is 4.90 Å². The summed E-state index contributed by atoms with van der Waals surface area (Å²) in [6, 6.07) is 0. The third-order valence-corrected chi connectivity index (χ3v) is 2.62. The fourth-order valence-electron chi connectivity index (χ4n) is 1.78. The Morgan fingerprint density at radius 1 is 1.31 bits per heavy atom. The number of aliphatic hydroxyl groups is 1. The molecule has 1 unspecified atom stereocenters. The van der Waals surface area contributed by atoms with E-state index in [0.717, 1.165) is 26.1 Å². The molecule has 0 spiro atoms. The number of hydrogen-bond acceptors (Lipinski definition) is 3. The number of nitrogens with zero attached hydrogens (tertiary/aromatic N) is 2. The van der Waals surface area contributed by atoms with E-state index in [1.54, 1.807) is 6.92 Å². The Kier molecular flexibility index (Phi) is 8.21. The predicted molar refractivity (Wildman–Crippen MR) is 66.3 cm³/mol. The first-order valence-electron chi connectivity index (χ1n) is 6.15. The lowest BCUT2D eigenvalue weighted by atomic mass is 10.2. The summed E-state index contributed by atoms with van der Waals surface area (Å²) in [6.07, 6.45) is 1.16. The van der Waals surface area contributed by atoms with Crippen LogP contribution in [0.4, 0.5) is 0 Å². The van der Waals surface area contributed by atoms with Crippen LogP contribution in [-0.4, -0.2) is 60.1 Å². The normalized spacial score (nSPS) is 12.9. The van der Waals surface area contributed by atoms with Crippen LogP contribution in [-0.2, 0) is 4.79 Å². The molecular formula is C12H26N2O2. The minimum Gasteiger partial charge on any atom is -0.392 e. The summed E-state index contributed by atoms with van der Waals surface area (Å²) in [5.41, 5.74) is 0. The molecule has 16 heavy (non-hydrogen) atoms. The van der Waals surface area contributed by atoms with E-state index in [1.807, 2.05) is 25.8 Å². The zero-order chi connectivity index (χ0) is 12.6. The summed E-state index contributed by atoms with van der Waals surface area (Å²) in [5, 5.41) is 9.18. The van der Waals surface area contributed by atoms with Gasteiger partial charge in [0.1, 0.15) is 0 Å². The smallest absolute Gasteiger partial charge is 0.222 e. The standard InChI is InChI=1S/C12H26N2O2/c1-5-14(6-2)12(16)8-7-9-13(4)10-11(3)15/h11,15H,5-10H2,1-4H3. The van der Waals surface area contributed by atoms with Gasteiger partial charge < -0.3 is 14.9 Å². The van der Waals surface area contributed by atoms with Crippen LogP contribution < -0.4 is 0 Å². The monoisotopic (exact) mass is 230 g/mol. The van der Waals surface area contributed by atoms with Gasteiger partial charge in [0.25, 0.3) is 0 Å². The molecule has 0 fully saturated rings. The van der Waals surface area contributed by atoms with E-state index in [1.165, 1.54) is 0 Å². The zero-order valence-electron chi connectivity index (χ0n) is 11.1. The highest BCUT2D eigenvalue weighted by Crippen LogP contribution is 1.99. The Labute approximate surface area is 99.2 Å². The first-order chi connectivity index (χ1) is 7.51. The molecule has 0 aliphatic heterocycles. The van der Waals surface area contributed by atoms with Crippen molar-refractivity contribution in [2.24, 2.45) is 0 Å². The van der Waals surface area contributed by atoms with Gasteiger partial charge in [-0.3, -0.25) is 4.79 Å². The van der Waals surface area contributed by atoms with Crippen LogP contribution in [0.3, 0.4) is 0 Å². The van der Waals surface area contributed by atoms with Gasteiger partial charge in [-0.25, -0.2) is 0 Å². The number of hydrogen-bond donors (Lipinski definition) is 1. The summed E-state index contributed by atoms with van der Waals surface area (Å²) in [5.74, 6) is 0.232. The molecule has 96 valence electrons. The van der Waals surface area contributed by atoms with Crippen molar-refractivity contribution in [2.45, 2.75) is 39.7 Å². The van der Waals surface area contributed by atoms with E-state index < -0.39 is 0 Å². The highest BCUT2D eigenvalue weighted by Gasteiger charge is 2.09. The lowest BCUT2D eigenvalue weighted by Gasteiger charge is -2.21. The quantitative estimate of drug-likeness (QED) is 0.675. The van der Waals surface area contributed by atoms with Crippen molar-refractivity contribution in [3.8, 4) is 0 Å². The van der Waals surface area contributed by atoms with Gasteiger partial charge in [-0.2, -0.15) is 0 Å². The lowest BCUT2D eigenvalue weighted by Crippen LogP contribution is -2.32. The van der Waals surface area contributed by atoms with E-state index in [9.17, 15) is 9.90 Å². The maximum absolute atomic E-state index is 11.7. The molecule has 0 aromatic heterocycles. The summed E-state index contributed by atoms with van der Waals surface area (Å²) in [4.78, 5) is 15.6. The maximum Gasteiger partial charge on any atom is 0.222 e. The molecule has 0 heterocycles. The topological polar surface area (TPSA) is 43.8 Å². The minimum atomic E-state index is -0.302. The Balaban J connectivity index is 3.68. The van der Waals surface area contributed by atoms with Crippen LogP contribution >= 0.6 is 0 Å². The van der Waals surface area contributed by atoms with Crippen molar-refractivity contribution in [1.29, 1.82) is 0 Å². The number of carbonyl (C=O) groups excluding carboxylic acids is 1. The summed E-state index contributed by atoms with van der Waals surface area (Å²) < 4.78 is 0. The van der Waals surface area contributed by atoms with Gasteiger partial charge in [0.2, 0.25) is 5.91 Å². The highest BCUT2D eigenvalue weighted by atomic mass is 16.3. The van der Waals surface area contributed by atoms with Crippen molar-refractivity contribution < 1.29 is 9.90 Å². The van der Waals surface area contributed by atoms with Crippen LogP contribution in [0.15, 0.2) is 0 Å². The van der Waals surface area contributed by atoms with Gasteiger partial charge in [0.15, 0.2) is 0 Å². The van der Waals surface area contributed by atoms with Crippen LogP contribution in [0.5, 0.6) is 0 Å². The molecule has 1 N–H and O–H groups in total. The van der Waals surface area contributed by atoms with Gasteiger partial charge in [-0.1, -0.05) is 0 Å². The van der Waals surface area contributed by atoms with Crippen LogP contribution in [0.2, 0.25) is 0 Å². The van der Waals surface area contributed by atoms with Crippen LogP contribution in [0, 0.1) is 0 Å². The molecule has 0 radical (unpaired) electrons. The molecule has 1 atom stereocenters. The average Bonchev–Trinajstić information content (AvgIpc) is 2.18. The number of aliphatic hydroxyl groups excluding tert-OH is 1. The van der Waals surface area contributed by atoms with Crippen LogP contribution in [0.1, 0.15) is 33.6 Å². The van der Waals surface area contributed by atoms with Crippen molar-refractivity contribution in [2.75, 3.05) is 33.2 Å². The highest BCUT2D eigenvalue weighted by molar-refractivity contribution is 5.76. The van der Waals surface area contributed by atoms with Crippen molar-refractivity contribution in [3.63, 3.8) is 0 Å². The number of carbonyl (C=O) groups is 1. The second kappa shape index (κ2) is 8.53. The van der Waals surface area contributed by atoms with Crippen molar-refractivity contribution >= 4 is 5.91 Å².